The third-order valence-corrected chi connectivity index (χ3v) is 5.80. The molecule has 4 rings (SSSR count). The van der Waals surface area contributed by atoms with Gasteiger partial charge in [-0.15, -0.1) is 0 Å². The molecule has 0 unspecified atom stereocenters. The molecular weight excluding hydrogens is 324 g/mol. The Balaban J connectivity index is 1.30. The molecule has 138 valence electrons. The standard InChI is InChI=1S/C20H28N6/c21-20-22-9-6-18(25-20)16-7-10-26(11-8-16)14-15-12-23-19(24-13-15)17-4-2-1-3-5-17/h6,9,12-13,16-17H,1-5,7-8,10-11,14H2,(H2,21,22,25). The first-order valence-corrected chi connectivity index (χ1v) is 9.89. The van der Waals surface area contributed by atoms with Crippen molar-refractivity contribution in [2.75, 3.05) is 18.8 Å². The lowest BCUT2D eigenvalue weighted by atomic mass is 9.89. The second-order valence-electron chi connectivity index (χ2n) is 7.67. The minimum Gasteiger partial charge on any atom is -0.368 e. The number of nitrogens with zero attached hydrogens (tertiary/aromatic N) is 5. The van der Waals surface area contributed by atoms with Crippen LogP contribution in [0.1, 0.15) is 73.9 Å². The number of rotatable bonds is 4. The molecule has 2 N–H and O–H groups in total. The molecule has 1 aliphatic heterocycles. The van der Waals surface area contributed by atoms with Crippen LogP contribution < -0.4 is 5.73 Å². The highest BCUT2D eigenvalue weighted by Crippen LogP contribution is 2.30. The molecule has 0 atom stereocenters. The molecular formula is C20H28N6. The van der Waals surface area contributed by atoms with E-state index >= 15 is 0 Å². The summed E-state index contributed by atoms with van der Waals surface area (Å²) in [4.78, 5) is 20.2. The van der Waals surface area contributed by atoms with Crippen LogP contribution in [0.15, 0.2) is 24.7 Å². The van der Waals surface area contributed by atoms with Gasteiger partial charge in [0.25, 0.3) is 0 Å². The van der Waals surface area contributed by atoms with Gasteiger partial charge in [-0.1, -0.05) is 19.3 Å². The Morgan fingerprint density at radius 3 is 2.35 bits per heavy atom. The maximum atomic E-state index is 5.71. The topological polar surface area (TPSA) is 80.8 Å². The van der Waals surface area contributed by atoms with Crippen molar-refractivity contribution in [3.05, 3.63) is 41.7 Å². The van der Waals surface area contributed by atoms with Crippen LogP contribution in [0, 0.1) is 0 Å². The molecule has 0 aromatic carbocycles. The predicted molar refractivity (Wildman–Crippen MR) is 102 cm³/mol. The lowest BCUT2D eigenvalue weighted by molar-refractivity contribution is 0.203. The second kappa shape index (κ2) is 8.08. The summed E-state index contributed by atoms with van der Waals surface area (Å²) < 4.78 is 0. The zero-order valence-electron chi connectivity index (χ0n) is 15.3. The molecule has 0 radical (unpaired) electrons. The van der Waals surface area contributed by atoms with Gasteiger partial charge in [0, 0.05) is 48.2 Å². The average molecular weight is 352 g/mol. The summed E-state index contributed by atoms with van der Waals surface area (Å²) in [5.41, 5.74) is 8.01. The van der Waals surface area contributed by atoms with Crippen LogP contribution >= 0.6 is 0 Å². The Morgan fingerprint density at radius 2 is 1.65 bits per heavy atom. The van der Waals surface area contributed by atoms with Crippen LogP contribution in [0.4, 0.5) is 5.95 Å². The number of likely N-dealkylation sites (tertiary alicyclic amines) is 1. The molecule has 1 saturated carbocycles. The van der Waals surface area contributed by atoms with Crippen molar-refractivity contribution >= 4 is 5.95 Å². The van der Waals surface area contributed by atoms with Crippen molar-refractivity contribution in [1.82, 2.24) is 24.8 Å². The van der Waals surface area contributed by atoms with Gasteiger partial charge in [-0.3, -0.25) is 4.90 Å². The summed E-state index contributed by atoms with van der Waals surface area (Å²) in [6.45, 7) is 3.07. The fraction of sp³-hybridized carbons (Fsp3) is 0.600. The Labute approximate surface area is 155 Å². The molecule has 1 aliphatic carbocycles. The van der Waals surface area contributed by atoms with E-state index < -0.39 is 0 Å². The van der Waals surface area contributed by atoms with Gasteiger partial charge in [0.15, 0.2) is 0 Å². The minimum absolute atomic E-state index is 0.375. The summed E-state index contributed by atoms with van der Waals surface area (Å²) in [5.74, 6) is 2.49. The molecule has 6 heteroatoms. The van der Waals surface area contributed by atoms with E-state index in [1.165, 1.54) is 37.7 Å². The number of nitrogens with two attached hydrogens (primary N) is 1. The van der Waals surface area contributed by atoms with Gasteiger partial charge in [0.1, 0.15) is 5.82 Å². The van der Waals surface area contributed by atoms with E-state index in [0.717, 1.165) is 44.0 Å². The first-order chi connectivity index (χ1) is 12.8. The smallest absolute Gasteiger partial charge is 0.220 e. The fourth-order valence-electron chi connectivity index (χ4n) is 4.28. The summed E-state index contributed by atoms with van der Waals surface area (Å²) in [7, 11) is 0. The molecule has 2 aliphatic rings. The van der Waals surface area contributed by atoms with Crippen molar-refractivity contribution in [3.8, 4) is 0 Å². The molecule has 6 nitrogen and oxygen atoms in total. The average Bonchev–Trinajstić information content (AvgIpc) is 2.70. The third kappa shape index (κ3) is 4.18. The molecule has 0 amide bonds. The Morgan fingerprint density at radius 1 is 0.923 bits per heavy atom. The van der Waals surface area contributed by atoms with Gasteiger partial charge in [-0.05, 0) is 44.8 Å². The van der Waals surface area contributed by atoms with E-state index in [0.29, 0.717) is 17.8 Å². The summed E-state index contributed by atoms with van der Waals surface area (Å²) in [6.07, 6.45) is 14.6. The van der Waals surface area contributed by atoms with Crippen LogP contribution in [0.3, 0.4) is 0 Å². The van der Waals surface area contributed by atoms with E-state index in [4.69, 9.17) is 5.73 Å². The highest BCUT2D eigenvalue weighted by Gasteiger charge is 2.22. The predicted octanol–water partition coefficient (Wildman–Crippen LogP) is 3.28. The van der Waals surface area contributed by atoms with Crippen molar-refractivity contribution in [2.24, 2.45) is 0 Å². The number of nitrogen functional groups attached to an aromatic ring is 1. The van der Waals surface area contributed by atoms with Crippen LogP contribution in [-0.4, -0.2) is 37.9 Å². The van der Waals surface area contributed by atoms with Crippen LogP contribution in [-0.2, 0) is 6.54 Å². The number of aromatic nitrogens is 4. The molecule has 2 fully saturated rings. The summed E-state index contributed by atoms with van der Waals surface area (Å²) in [5, 5.41) is 0. The monoisotopic (exact) mass is 352 g/mol. The van der Waals surface area contributed by atoms with Gasteiger partial charge in [0.2, 0.25) is 5.95 Å². The molecule has 3 heterocycles. The Kier molecular flexibility index (Phi) is 5.39. The first kappa shape index (κ1) is 17.3. The minimum atomic E-state index is 0.375. The fourth-order valence-corrected chi connectivity index (χ4v) is 4.28. The summed E-state index contributed by atoms with van der Waals surface area (Å²) in [6, 6.07) is 1.99. The quantitative estimate of drug-likeness (QED) is 0.909. The molecule has 2 aromatic heterocycles. The van der Waals surface area contributed by atoms with Gasteiger partial charge in [-0.2, -0.15) is 0 Å². The number of hydrogen-bond donors (Lipinski definition) is 1. The lowest BCUT2D eigenvalue weighted by Crippen LogP contribution is -2.32. The van der Waals surface area contributed by atoms with Crippen LogP contribution in [0.5, 0.6) is 0 Å². The molecule has 1 saturated heterocycles. The van der Waals surface area contributed by atoms with Crippen molar-refractivity contribution in [1.29, 1.82) is 0 Å². The molecule has 2 aromatic rings. The van der Waals surface area contributed by atoms with Crippen molar-refractivity contribution in [3.63, 3.8) is 0 Å². The van der Waals surface area contributed by atoms with Gasteiger partial charge in [-0.25, -0.2) is 19.9 Å². The third-order valence-electron chi connectivity index (χ3n) is 5.80. The van der Waals surface area contributed by atoms with Crippen molar-refractivity contribution in [2.45, 2.75) is 63.3 Å². The van der Waals surface area contributed by atoms with E-state index in [1.807, 2.05) is 18.5 Å². The molecule has 0 bridgehead atoms. The zero-order chi connectivity index (χ0) is 17.8. The highest BCUT2D eigenvalue weighted by atomic mass is 15.1. The van der Waals surface area contributed by atoms with Gasteiger partial charge >= 0.3 is 0 Å². The van der Waals surface area contributed by atoms with Crippen LogP contribution in [0.25, 0.3) is 0 Å². The Bertz CT molecular complexity index is 702. The SMILES string of the molecule is Nc1nccc(C2CCN(Cc3cnc(C4CCCCC4)nc3)CC2)n1. The highest BCUT2D eigenvalue weighted by molar-refractivity contribution is 5.20. The largest absolute Gasteiger partial charge is 0.368 e. The van der Waals surface area contributed by atoms with E-state index in [9.17, 15) is 0 Å². The number of piperidine rings is 1. The van der Waals surface area contributed by atoms with E-state index in [-0.39, 0.29) is 0 Å². The van der Waals surface area contributed by atoms with Gasteiger partial charge < -0.3 is 5.73 Å². The first-order valence-electron chi connectivity index (χ1n) is 9.89. The lowest BCUT2D eigenvalue weighted by Gasteiger charge is -2.31. The zero-order valence-corrected chi connectivity index (χ0v) is 15.3. The number of hydrogen-bond acceptors (Lipinski definition) is 6. The second-order valence-corrected chi connectivity index (χ2v) is 7.67. The van der Waals surface area contributed by atoms with E-state index in [1.54, 1.807) is 6.20 Å². The Hall–Kier alpha value is -2.08. The summed E-state index contributed by atoms with van der Waals surface area (Å²) >= 11 is 0. The van der Waals surface area contributed by atoms with Gasteiger partial charge in [0.05, 0.1) is 0 Å². The normalized spacial score (nSPS) is 20.3. The number of anilines is 1. The van der Waals surface area contributed by atoms with Crippen LogP contribution in [0.2, 0.25) is 0 Å². The van der Waals surface area contributed by atoms with E-state index in [2.05, 4.69) is 24.8 Å². The maximum absolute atomic E-state index is 5.71. The molecule has 0 spiro atoms. The van der Waals surface area contributed by atoms with Crippen molar-refractivity contribution < 1.29 is 0 Å². The molecule has 26 heavy (non-hydrogen) atoms. The maximum Gasteiger partial charge on any atom is 0.220 e.